The predicted molar refractivity (Wildman–Crippen MR) is 65.0 cm³/mol. The third kappa shape index (κ3) is 2.76. The first-order valence-electron chi connectivity index (χ1n) is 6.78. The molecular formula is C13H24N2O. The van der Waals surface area contributed by atoms with Crippen LogP contribution in [0, 0.1) is 5.92 Å². The summed E-state index contributed by atoms with van der Waals surface area (Å²) < 4.78 is 0. The average Bonchev–Trinajstić information content (AvgIpc) is 3.10. The van der Waals surface area contributed by atoms with E-state index in [4.69, 9.17) is 5.73 Å². The van der Waals surface area contributed by atoms with E-state index in [1.54, 1.807) is 0 Å². The van der Waals surface area contributed by atoms with Crippen molar-refractivity contribution in [3.05, 3.63) is 0 Å². The van der Waals surface area contributed by atoms with Crippen LogP contribution in [0.2, 0.25) is 0 Å². The van der Waals surface area contributed by atoms with Crippen molar-refractivity contribution in [3.8, 4) is 0 Å². The lowest BCUT2D eigenvalue weighted by Gasteiger charge is -2.31. The van der Waals surface area contributed by atoms with Crippen LogP contribution in [0.5, 0.6) is 0 Å². The minimum Gasteiger partial charge on any atom is -0.339 e. The summed E-state index contributed by atoms with van der Waals surface area (Å²) in [7, 11) is 0. The molecule has 0 bridgehead atoms. The fourth-order valence-electron chi connectivity index (χ4n) is 2.70. The molecule has 0 aromatic heterocycles. The van der Waals surface area contributed by atoms with E-state index in [-0.39, 0.29) is 5.92 Å². The van der Waals surface area contributed by atoms with Crippen LogP contribution in [0.3, 0.4) is 0 Å². The highest BCUT2D eigenvalue weighted by molar-refractivity contribution is 5.79. The molecule has 0 unspecified atom stereocenters. The highest BCUT2D eigenvalue weighted by atomic mass is 16.2. The van der Waals surface area contributed by atoms with E-state index >= 15 is 0 Å². The molecule has 1 amide bonds. The molecule has 92 valence electrons. The van der Waals surface area contributed by atoms with Crippen molar-refractivity contribution in [1.82, 2.24) is 4.90 Å². The summed E-state index contributed by atoms with van der Waals surface area (Å²) in [6.07, 6.45) is 7.59. The fourth-order valence-corrected chi connectivity index (χ4v) is 2.70. The molecule has 0 heterocycles. The molecule has 2 rings (SSSR count). The molecule has 2 aliphatic carbocycles. The normalized spacial score (nSPS) is 30.1. The van der Waals surface area contributed by atoms with Crippen molar-refractivity contribution in [2.24, 2.45) is 11.7 Å². The summed E-state index contributed by atoms with van der Waals surface area (Å²) in [4.78, 5) is 14.5. The number of amides is 1. The zero-order valence-electron chi connectivity index (χ0n) is 10.3. The minimum absolute atomic E-state index is 0.270. The Morgan fingerprint density at radius 3 is 2.31 bits per heavy atom. The van der Waals surface area contributed by atoms with E-state index in [0.29, 0.717) is 18.0 Å². The number of carbonyl (C=O) groups excluding carboxylic acids is 1. The van der Waals surface area contributed by atoms with Crippen LogP contribution in [-0.4, -0.2) is 29.4 Å². The molecule has 2 fully saturated rings. The zero-order chi connectivity index (χ0) is 11.5. The van der Waals surface area contributed by atoms with Crippen LogP contribution in [0.15, 0.2) is 0 Å². The molecule has 2 aliphatic rings. The van der Waals surface area contributed by atoms with Gasteiger partial charge < -0.3 is 10.6 Å². The third-order valence-corrected chi connectivity index (χ3v) is 3.86. The molecule has 0 aromatic rings. The molecule has 0 aliphatic heterocycles. The lowest BCUT2D eigenvalue weighted by Crippen LogP contribution is -2.41. The summed E-state index contributed by atoms with van der Waals surface area (Å²) in [5, 5.41) is 0. The topological polar surface area (TPSA) is 46.3 Å². The molecule has 2 saturated carbocycles. The first-order valence-corrected chi connectivity index (χ1v) is 6.78. The molecular weight excluding hydrogens is 200 g/mol. The van der Waals surface area contributed by atoms with Crippen LogP contribution in [-0.2, 0) is 4.79 Å². The SMILES string of the molecule is CCCN(C(=O)C1CCC(N)CC1)C1CC1. The molecule has 0 aromatic carbocycles. The summed E-state index contributed by atoms with van der Waals surface area (Å²) >= 11 is 0. The van der Waals surface area contributed by atoms with Gasteiger partial charge in [-0.05, 0) is 44.9 Å². The number of hydrogen-bond acceptors (Lipinski definition) is 2. The first kappa shape index (κ1) is 11.9. The Morgan fingerprint density at radius 2 is 1.81 bits per heavy atom. The van der Waals surface area contributed by atoms with Crippen LogP contribution < -0.4 is 5.73 Å². The Hall–Kier alpha value is -0.570. The summed E-state index contributed by atoms with van der Waals surface area (Å²) in [6, 6.07) is 0.910. The predicted octanol–water partition coefficient (Wildman–Crippen LogP) is 1.90. The molecule has 0 saturated heterocycles. The van der Waals surface area contributed by atoms with E-state index in [0.717, 1.165) is 38.6 Å². The summed E-state index contributed by atoms with van der Waals surface area (Å²) in [6.45, 7) is 3.10. The standard InChI is InChI=1S/C13H24N2O/c1-2-9-15(12-7-8-12)13(16)10-3-5-11(14)6-4-10/h10-12H,2-9,14H2,1H3. The van der Waals surface area contributed by atoms with Gasteiger partial charge in [-0.1, -0.05) is 6.92 Å². The lowest BCUT2D eigenvalue weighted by atomic mass is 9.85. The van der Waals surface area contributed by atoms with Crippen molar-refractivity contribution < 1.29 is 4.79 Å². The van der Waals surface area contributed by atoms with Crippen molar-refractivity contribution in [2.45, 2.75) is 64.0 Å². The largest absolute Gasteiger partial charge is 0.339 e. The molecule has 2 N–H and O–H groups in total. The van der Waals surface area contributed by atoms with E-state index in [1.165, 1.54) is 12.8 Å². The molecule has 16 heavy (non-hydrogen) atoms. The third-order valence-electron chi connectivity index (χ3n) is 3.86. The second-order valence-electron chi connectivity index (χ2n) is 5.37. The zero-order valence-corrected chi connectivity index (χ0v) is 10.3. The van der Waals surface area contributed by atoms with Crippen LogP contribution in [0.1, 0.15) is 51.9 Å². The first-order chi connectivity index (χ1) is 7.72. The average molecular weight is 224 g/mol. The van der Waals surface area contributed by atoms with Gasteiger partial charge in [-0.15, -0.1) is 0 Å². The van der Waals surface area contributed by atoms with Gasteiger partial charge in [0.25, 0.3) is 0 Å². The van der Waals surface area contributed by atoms with E-state index in [9.17, 15) is 4.79 Å². The lowest BCUT2D eigenvalue weighted by molar-refractivity contribution is -0.137. The van der Waals surface area contributed by atoms with Gasteiger partial charge >= 0.3 is 0 Å². The minimum atomic E-state index is 0.270. The number of rotatable bonds is 4. The summed E-state index contributed by atoms with van der Waals surface area (Å²) in [5.74, 6) is 0.684. The highest BCUT2D eigenvalue weighted by Crippen LogP contribution is 2.32. The Morgan fingerprint density at radius 1 is 1.19 bits per heavy atom. The number of carbonyl (C=O) groups is 1. The van der Waals surface area contributed by atoms with Gasteiger partial charge in [-0.2, -0.15) is 0 Å². The Bertz CT molecular complexity index is 242. The molecule has 3 nitrogen and oxygen atoms in total. The fraction of sp³-hybridized carbons (Fsp3) is 0.923. The van der Waals surface area contributed by atoms with Crippen molar-refractivity contribution in [1.29, 1.82) is 0 Å². The second-order valence-corrected chi connectivity index (χ2v) is 5.37. The van der Waals surface area contributed by atoms with Crippen molar-refractivity contribution >= 4 is 5.91 Å². The molecule has 0 spiro atoms. The Balaban J connectivity index is 1.88. The van der Waals surface area contributed by atoms with Gasteiger partial charge in [0.1, 0.15) is 0 Å². The molecule has 3 heteroatoms. The van der Waals surface area contributed by atoms with Gasteiger partial charge in [-0.25, -0.2) is 0 Å². The maximum Gasteiger partial charge on any atom is 0.225 e. The van der Waals surface area contributed by atoms with E-state index in [2.05, 4.69) is 11.8 Å². The van der Waals surface area contributed by atoms with Crippen LogP contribution in [0.4, 0.5) is 0 Å². The number of hydrogen-bond donors (Lipinski definition) is 1. The highest BCUT2D eigenvalue weighted by Gasteiger charge is 2.36. The molecule has 0 radical (unpaired) electrons. The van der Waals surface area contributed by atoms with Gasteiger partial charge in [0, 0.05) is 24.5 Å². The van der Waals surface area contributed by atoms with E-state index in [1.807, 2.05) is 0 Å². The smallest absolute Gasteiger partial charge is 0.225 e. The van der Waals surface area contributed by atoms with Crippen molar-refractivity contribution in [3.63, 3.8) is 0 Å². The Kier molecular flexibility index (Phi) is 3.85. The molecule has 0 atom stereocenters. The maximum atomic E-state index is 12.4. The van der Waals surface area contributed by atoms with Crippen molar-refractivity contribution in [2.75, 3.05) is 6.54 Å². The monoisotopic (exact) mass is 224 g/mol. The van der Waals surface area contributed by atoms with E-state index < -0.39 is 0 Å². The quantitative estimate of drug-likeness (QED) is 0.793. The van der Waals surface area contributed by atoms with Gasteiger partial charge in [0.2, 0.25) is 5.91 Å². The maximum absolute atomic E-state index is 12.4. The number of nitrogens with zero attached hydrogens (tertiary/aromatic N) is 1. The summed E-state index contributed by atoms with van der Waals surface area (Å²) in [5.41, 5.74) is 5.88. The van der Waals surface area contributed by atoms with Gasteiger partial charge in [0.05, 0.1) is 0 Å². The van der Waals surface area contributed by atoms with Crippen LogP contribution >= 0.6 is 0 Å². The van der Waals surface area contributed by atoms with Gasteiger partial charge in [0.15, 0.2) is 0 Å². The van der Waals surface area contributed by atoms with Gasteiger partial charge in [-0.3, -0.25) is 4.79 Å². The second kappa shape index (κ2) is 5.17. The number of nitrogens with two attached hydrogens (primary N) is 1. The van der Waals surface area contributed by atoms with Crippen LogP contribution in [0.25, 0.3) is 0 Å². The Labute approximate surface area is 98.4 Å².